The van der Waals surface area contributed by atoms with Gasteiger partial charge < -0.3 is 13.4 Å². The molecular weight excluding hydrogens is 1310 g/mol. The highest BCUT2D eigenvalue weighted by molar-refractivity contribution is 6.32. The Kier molecular flexibility index (Phi) is 14.8. The van der Waals surface area contributed by atoms with Crippen LogP contribution in [0.3, 0.4) is 0 Å². The number of hydrogen-bond donors (Lipinski definition) is 0. The fourth-order valence-corrected chi connectivity index (χ4v) is 15.5. The Balaban J connectivity index is 0.000000118. The summed E-state index contributed by atoms with van der Waals surface area (Å²) in [5.74, 6) is 3.69. The van der Waals surface area contributed by atoms with Crippen LogP contribution in [0.4, 0.5) is 0 Å². The SMILES string of the molecule is Clc1ccc2c(c1)oc1c3ccccc3cc(-c3nc(-c4ccccc4)nc(-c4ccccc4)n3)c21.c1ccc(-c2nc(-c3ccccc3)nc(-c3cc4ccccc4c4oc5cc(-n6c7ccccc7c7cc8ccccc8cc76)ccc5c34)n2)cc1.c1ccc2c(c1)Cc1cc3ccccc3cc1-2. The molecule has 21 aromatic rings. The summed E-state index contributed by atoms with van der Waals surface area (Å²) in [7, 11) is 0. The zero-order valence-corrected chi connectivity index (χ0v) is 57.1. The van der Waals surface area contributed by atoms with Crippen LogP contribution in [0.1, 0.15) is 11.1 Å². The molecule has 0 bridgehead atoms. The van der Waals surface area contributed by atoms with Gasteiger partial charge in [-0.05, 0) is 122 Å². The van der Waals surface area contributed by atoms with Crippen molar-refractivity contribution in [1.29, 1.82) is 0 Å². The average Bonchev–Trinajstić information content (AvgIpc) is 1.62. The van der Waals surface area contributed by atoms with Gasteiger partial charge in [0.1, 0.15) is 22.3 Å². The van der Waals surface area contributed by atoms with Crippen molar-refractivity contribution in [2.24, 2.45) is 0 Å². The molecule has 5 aromatic heterocycles. The lowest BCUT2D eigenvalue weighted by molar-refractivity contribution is 0.672. The Morgan fingerprint density at radius 2 is 0.657 bits per heavy atom. The maximum absolute atomic E-state index is 6.91. The Hall–Kier alpha value is -13.7. The molecule has 105 heavy (non-hydrogen) atoms. The maximum Gasteiger partial charge on any atom is 0.164 e. The monoisotopic (exact) mass is 1360 g/mol. The lowest BCUT2D eigenvalue weighted by atomic mass is 9.99. The minimum absolute atomic E-state index is 0.594. The van der Waals surface area contributed by atoms with Crippen LogP contribution in [0.15, 0.2) is 349 Å². The molecule has 0 aliphatic heterocycles. The van der Waals surface area contributed by atoms with Gasteiger partial charge in [0.05, 0.1) is 11.0 Å². The standard InChI is InChI=1S/C47H28N4O.C31H18ClN3O.C17H12/c1-3-13-29(14-4-1)45-48-46(30-15-5-2-6-16-30)50-47(49-45)39-26-33-19-9-10-20-35(33)44-43(39)37-24-23-34(28-42(37)52-44)51-40-22-12-11-21-36(40)38-25-31-17-7-8-18-32(31)27-41(38)51;32-22-15-16-24-26(18-22)36-28-23-14-8-7-13-21(23)17-25(27(24)28)31-34-29(19-9-3-1-4-10-19)33-30(35-31)20-11-5-2-6-12-20;1-2-6-13-11-17-15(9-12(13)5-1)10-14-7-3-4-8-16(14)17/h1-28H;1-18H;1-9,11H,10H2. The van der Waals surface area contributed by atoms with Crippen LogP contribution < -0.4 is 0 Å². The van der Waals surface area contributed by atoms with E-state index in [1.807, 2.05) is 152 Å². The summed E-state index contributed by atoms with van der Waals surface area (Å²) in [6.07, 6.45) is 1.08. The number of fused-ring (bicyclic) bond motifs is 18. The first kappa shape index (κ1) is 61.2. The van der Waals surface area contributed by atoms with Crippen molar-refractivity contribution in [3.63, 3.8) is 0 Å². The third-order valence-electron chi connectivity index (χ3n) is 20.2. The van der Waals surface area contributed by atoms with E-state index in [1.54, 1.807) is 0 Å². The molecule has 16 aromatic carbocycles. The maximum atomic E-state index is 6.91. The lowest BCUT2D eigenvalue weighted by Crippen LogP contribution is -2.00. The van der Waals surface area contributed by atoms with Crippen molar-refractivity contribution >= 4 is 120 Å². The summed E-state index contributed by atoms with van der Waals surface area (Å²) in [5.41, 5.74) is 17.8. The predicted molar refractivity (Wildman–Crippen MR) is 431 cm³/mol. The molecule has 0 unspecified atom stereocenters. The number of furan rings is 2. The van der Waals surface area contributed by atoms with Gasteiger partial charge in [-0.1, -0.05) is 279 Å². The Labute approximate surface area is 607 Å². The first-order valence-electron chi connectivity index (χ1n) is 35.1. The van der Waals surface area contributed by atoms with E-state index in [4.69, 9.17) is 50.3 Å². The minimum atomic E-state index is 0.594. The van der Waals surface area contributed by atoms with E-state index in [9.17, 15) is 0 Å². The Bertz CT molecular complexity index is 6900. The molecule has 0 saturated carbocycles. The highest BCUT2D eigenvalue weighted by atomic mass is 35.5. The molecule has 22 rings (SSSR count). The molecule has 1 aliphatic rings. The number of rotatable bonds is 7. The molecule has 9 nitrogen and oxygen atoms in total. The summed E-state index contributed by atoms with van der Waals surface area (Å²) in [5, 5.41) is 16.3. The van der Waals surface area contributed by atoms with Crippen molar-refractivity contribution in [1.82, 2.24) is 34.5 Å². The van der Waals surface area contributed by atoms with Crippen LogP contribution in [0.2, 0.25) is 5.02 Å². The highest BCUT2D eigenvalue weighted by Crippen LogP contribution is 2.46. The van der Waals surface area contributed by atoms with Crippen LogP contribution in [0.5, 0.6) is 0 Å². The number of aromatic nitrogens is 7. The fraction of sp³-hybridized carbons (Fsp3) is 0.0105. The quantitative estimate of drug-likeness (QED) is 0.155. The molecule has 0 fully saturated rings. The fourth-order valence-electron chi connectivity index (χ4n) is 15.3. The highest BCUT2D eigenvalue weighted by Gasteiger charge is 2.25. The molecule has 0 atom stereocenters. The van der Waals surface area contributed by atoms with Gasteiger partial charge in [0.2, 0.25) is 0 Å². The summed E-state index contributed by atoms with van der Waals surface area (Å²) >= 11 is 6.31. The van der Waals surface area contributed by atoms with Crippen molar-refractivity contribution in [2.45, 2.75) is 6.42 Å². The van der Waals surface area contributed by atoms with Gasteiger partial charge in [0.15, 0.2) is 34.9 Å². The van der Waals surface area contributed by atoms with Gasteiger partial charge in [-0.15, -0.1) is 0 Å². The third-order valence-corrected chi connectivity index (χ3v) is 20.4. The van der Waals surface area contributed by atoms with Crippen LogP contribution in [0, 0.1) is 0 Å². The van der Waals surface area contributed by atoms with Gasteiger partial charge in [-0.2, -0.15) is 0 Å². The lowest BCUT2D eigenvalue weighted by Gasteiger charge is -2.11. The van der Waals surface area contributed by atoms with Crippen LogP contribution >= 0.6 is 11.6 Å². The van der Waals surface area contributed by atoms with E-state index in [2.05, 4.69) is 193 Å². The van der Waals surface area contributed by atoms with Crippen LogP contribution in [-0.4, -0.2) is 34.5 Å². The number of benzene rings is 16. The van der Waals surface area contributed by atoms with E-state index < -0.39 is 0 Å². The number of hydrogen-bond acceptors (Lipinski definition) is 8. The van der Waals surface area contributed by atoms with E-state index >= 15 is 0 Å². The summed E-state index contributed by atoms with van der Waals surface area (Å²) < 4.78 is 15.6. The van der Waals surface area contributed by atoms with Crippen molar-refractivity contribution in [2.75, 3.05) is 0 Å². The smallest absolute Gasteiger partial charge is 0.164 e. The van der Waals surface area contributed by atoms with Crippen LogP contribution in [-0.2, 0) is 6.42 Å². The molecule has 0 spiro atoms. The molecule has 0 radical (unpaired) electrons. The molecule has 1 aliphatic carbocycles. The van der Waals surface area contributed by atoms with Gasteiger partial charge in [-0.25, -0.2) is 29.9 Å². The van der Waals surface area contributed by atoms with Gasteiger partial charge in [0, 0.05) is 99.3 Å². The van der Waals surface area contributed by atoms with E-state index in [1.165, 1.54) is 54.6 Å². The van der Waals surface area contributed by atoms with Crippen LogP contribution in [0.25, 0.3) is 194 Å². The summed E-state index contributed by atoms with van der Waals surface area (Å²) in [6, 6.07) is 117. The number of para-hydroxylation sites is 1. The van der Waals surface area contributed by atoms with Gasteiger partial charge in [-0.3, -0.25) is 0 Å². The van der Waals surface area contributed by atoms with Crippen molar-refractivity contribution < 1.29 is 8.83 Å². The Morgan fingerprint density at radius 1 is 0.257 bits per heavy atom. The largest absolute Gasteiger partial charge is 0.455 e. The molecule has 5 heterocycles. The first-order valence-corrected chi connectivity index (χ1v) is 35.5. The molecule has 492 valence electrons. The zero-order valence-electron chi connectivity index (χ0n) is 56.4. The predicted octanol–water partition coefficient (Wildman–Crippen LogP) is 25.2. The molecular formula is C95H58ClN7O2. The summed E-state index contributed by atoms with van der Waals surface area (Å²) in [4.78, 5) is 30.0. The normalized spacial score (nSPS) is 11.8. The van der Waals surface area contributed by atoms with Gasteiger partial charge in [0.25, 0.3) is 0 Å². The van der Waals surface area contributed by atoms with Crippen molar-refractivity contribution in [3.05, 3.63) is 356 Å². The molecule has 0 N–H and O–H groups in total. The van der Waals surface area contributed by atoms with E-state index in [0.717, 1.165) is 122 Å². The van der Waals surface area contributed by atoms with E-state index in [0.29, 0.717) is 40.0 Å². The second-order valence-corrected chi connectivity index (χ2v) is 27.0. The average molecular weight is 1370 g/mol. The van der Waals surface area contributed by atoms with E-state index in [-0.39, 0.29) is 0 Å². The zero-order chi connectivity index (χ0) is 69.5. The second kappa shape index (κ2) is 25.4. The molecule has 10 heteroatoms. The summed E-state index contributed by atoms with van der Waals surface area (Å²) in [6.45, 7) is 0. The topological polar surface area (TPSA) is 109 Å². The second-order valence-electron chi connectivity index (χ2n) is 26.6. The number of halogens is 1. The van der Waals surface area contributed by atoms with Gasteiger partial charge >= 0.3 is 0 Å². The molecule has 0 amide bonds. The number of nitrogens with zero attached hydrogens (tertiary/aromatic N) is 7. The Morgan fingerprint density at radius 3 is 1.19 bits per heavy atom. The molecule has 0 saturated heterocycles. The van der Waals surface area contributed by atoms with Crippen molar-refractivity contribution in [3.8, 4) is 85.1 Å². The third kappa shape index (κ3) is 10.9. The first-order chi connectivity index (χ1) is 51.9. The minimum Gasteiger partial charge on any atom is -0.455 e.